The normalized spacial score (nSPS) is 14.4. The van der Waals surface area contributed by atoms with Crippen molar-refractivity contribution in [3.63, 3.8) is 0 Å². The summed E-state index contributed by atoms with van der Waals surface area (Å²) in [5.41, 5.74) is 1.56. The minimum Gasteiger partial charge on any atom is -0.481 e. The number of alkyl halides is 1. The van der Waals surface area contributed by atoms with Crippen molar-refractivity contribution in [1.29, 1.82) is 0 Å². The maximum Gasteiger partial charge on any atom is 0.215 e. The van der Waals surface area contributed by atoms with E-state index in [1.165, 1.54) is 0 Å². The predicted octanol–water partition coefficient (Wildman–Crippen LogP) is 2.34. The van der Waals surface area contributed by atoms with E-state index in [4.69, 9.17) is 16.3 Å². The van der Waals surface area contributed by atoms with E-state index >= 15 is 0 Å². The van der Waals surface area contributed by atoms with Gasteiger partial charge in [0.25, 0.3) is 0 Å². The lowest BCUT2D eigenvalue weighted by molar-refractivity contribution is 0.399. The summed E-state index contributed by atoms with van der Waals surface area (Å²) in [4.78, 5) is 8.90. The van der Waals surface area contributed by atoms with Crippen LogP contribution in [0.4, 0.5) is 0 Å². The molecule has 0 bridgehead atoms. The summed E-state index contributed by atoms with van der Waals surface area (Å²) in [5.74, 6) is 1.64. The number of hydrogen-bond donors (Lipinski definition) is 0. The molecule has 0 aliphatic heterocycles. The van der Waals surface area contributed by atoms with Crippen molar-refractivity contribution in [2.75, 3.05) is 13.4 Å². The standard InChI is InChI=1S/C13H18ClN3O2S/c1-9(20(3)18)6-7-17-11(8-14)15-10-4-5-12(19-2)16-13(10)17/h4-5,9H,6-8H2,1-3H3. The molecule has 0 radical (unpaired) electrons. The molecule has 0 saturated carbocycles. The highest BCUT2D eigenvalue weighted by atomic mass is 35.5. The Morgan fingerprint density at radius 1 is 1.45 bits per heavy atom. The van der Waals surface area contributed by atoms with Crippen LogP contribution in [0.15, 0.2) is 12.1 Å². The summed E-state index contributed by atoms with van der Waals surface area (Å²) in [5, 5.41) is 0.126. The van der Waals surface area contributed by atoms with E-state index in [-0.39, 0.29) is 5.25 Å². The van der Waals surface area contributed by atoms with Gasteiger partial charge < -0.3 is 9.30 Å². The molecule has 2 atom stereocenters. The predicted molar refractivity (Wildman–Crippen MR) is 81.8 cm³/mol. The van der Waals surface area contributed by atoms with Crippen LogP contribution in [0.2, 0.25) is 0 Å². The Hall–Kier alpha value is -1.14. The fourth-order valence-electron chi connectivity index (χ4n) is 1.96. The number of imidazole rings is 1. The Balaban J connectivity index is 2.35. The van der Waals surface area contributed by atoms with Crippen LogP contribution in [0.3, 0.4) is 0 Å². The van der Waals surface area contributed by atoms with Crippen molar-refractivity contribution < 1.29 is 8.95 Å². The average molecular weight is 316 g/mol. The number of aryl methyl sites for hydroxylation is 1. The fourth-order valence-corrected chi connectivity index (χ4v) is 2.60. The first-order valence-corrected chi connectivity index (χ1v) is 8.50. The second-order valence-electron chi connectivity index (χ2n) is 4.61. The number of ether oxygens (including phenoxy) is 1. The zero-order valence-corrected chi connectivity index (χ0v) is 13.4. The van der Waals surface area contributed by atoms with Crippen LogP contribution in [0.5, 0.6) is 5.88 Å². The Morgan fingerprint density at radius 2 is 2.20 bits per heavy atom. The van der Waals surface area contributed by atoms with Crippen LogP contribution in [-0.2, 0) is 23.2 Å². The molecule has 0 aliphatic rings. The van der Waals surface area contributed by atoms with Crippen LogP contribution in [0.1, 0.15) is 19.2 Å². The molecule has 5 nitrogen and oxygen atoms in total. The number of aromatic nitrogens is 3. The van der Waals surface area contributed by atoms with Gasteiger partial charge in [-0.05, 0) is 12.5 Å². The molecule has 2 aromatic heterocycles. The molecule has 0 N–H and O–H groups in total. The summed E-state index contributed by atoms with van der Waals surface area (Å²) >= 11 is 5.95. The van der Waals surface area contributed by atoms with Crippen molar-refractivity contribution in [3.8, 4) is 5.88 Å². The van der Waals surface area contributed by atoms with Crippen LogP contribution in [-0.4, -0.2) is 37.4 Å². The smallest absolute Gasteiger partial charge is 0.215 e. The number of methoxy groups -OCH3 is 1. The van der Waals surface area contributed by atoms with Crippen molar-refractivity contribution in [2.24, 2.45) is 0 Å². The van der Waals surface area contributed by atoms with Gasteiger partial charge >= 0.3 is 0 Å². The molecule has 0 spiro atoms. The Labute approximate surface area is 125 Å². The lowest BCUT2D eigenvalue weighted by Gasteiger charge is -2.11. The maximum atomic E-state index is 11.4. The molecule has 0 aliphatic carbocycles. The van der Waals surface area contributed by atoms with Gasteiger partial charge in [0.1, 0.15) is 11.3 Å². The highest BCUT2D eigenvalue weighted by Crippen LogP contribution is 2.20. The molecule has 0 fully saturated rings. The minimum atomic E-state index is -0.832. The van der Waals surface area contributed by atoms with Gasteiger partial charge in [-0.15, -0.1) is 11.6 Å². The summed E-state index contributed by atoms with van der Waals surface area (Å²) in [6.07, 6.45) is 2.51. The fraction of sp³-hybridized carbons (Fsp3) is 0.538. The van der Waals surface area contributed by atoms with E-state index in [0.29, 0.717) is 18.3 Å². The molecule has 110 valence electrons. The number of halogens is 1. The number of rotatable bonds is 6. The molecular formula is C13H18ClN3O2S. The zero-order valence-electron chi connectivity index (χ0n) is 11.8. The van der Waals surface area contributed by atoms with Crippen molar-refractivity contribution in [1.82, 2.24) is 14.5 Å². The highest BCUT2D eigenvalue weighted by molar-refractivity contribution is 7.84. The average Bonchev–Trinajstić information content (AvgIpc) is 2.81. The summed E-state index contributed by atoms with van der Waals surface area (Å²) in [7, 11) is 0.751. The summed E-state index contributed by atoms with van der Waals surface area (Å²) in [6.45, 7) is 2.67. The number of pyridine rings is 1. The van der Waals surface area contributed by atoms with E-state index in [0.717, 1.165) is 23.4 Å². The number of hydrogen-bond acceptors (Lipinski definition) is 4. The molecule has 2 aromatic rings. The summed E-state index contributed by atoms with van der Waals surface area (Å²) in [6, 6.07) is 3.65. The van der Waals surface area contributed by atoms with Gasteiger partial charge in [0, 0.05) is 34.9 Å². The lowest BCUT2D eigenvalue weighted by atomic mass is 10.3. The van der Waals surface area contributed by atoms with E-state index in [1.807, 2.05) is 17.6 Å². The first-order valence-electron chi connectivity index (χ1n) is 6.35. The van der Waals surface area contributed by atoms with E-state index in [9.17, 15) is 4.21 Å². The second kappa shape index (κ2) is 6.54. The van der Waals surface area contributed by atoms with Crippen LogP contribution in [0, 0.1) is 0 Å². The van der Waals surface area contributed by atoms with Crippen LogP contribution < -0.4 is 4.74 Å². The van der Waals surface area contributed by atoms with Gasteiger partial charge in [0.15, 0.2) is 5.65 Å². The van der Waals surface area contributed by atoms with E-state index in [1.54, 1.807) is 19.4 Å². The second-order valence-corrected chi connectivity index (χ2v) is 6.68. The SMILES string of the molecule is COc1ccc2nc(CCl)n(CCC(C)S(C)=O)c2n1. The van der Waals surface area contributed by atoms with Gasteiger partial charge in [-0.25, -0.2) is 4.98 Å². The largest absolute Gasteiger partial charge is 0.481 e. The Kier molecular flexibility index (Phi) is 4.99. The third-order valence-corrected chi connectivity index (χ3v) is 4.91. The highest BCUT2D eigenvalue weighted by Gasteiger charge is 2.14. The Morgan fingerprint density at radius 3 is 2.80 bits per heavy atom. The molecule has 2 heterocycles. The third kappa shape index (κ3) is 3.12. The zero-order chi connectivity index (χ0) is 14.7. The minimum absolute atomic E-state index is 0.126. The van der Waals surface area contributed by atoms with Crippen LogP contribution in [0.25, 0.3) is 11.2 Å². The molecule has 0 amide bonds. The summed E-state index contributed by atoms with van der Waals surface area (Å²) < 4.78 is 18.6. The van der Waals surface area contributed by atoms with E-state index < -0.39 is 10.8 Å². The molecule has 0 saturated heterocycles. The van der Waals surface area contributed by atoms with Crippen molar-refractivity contribution >= 4 is 33.6 Å². The van der Waals surface area contributed by atoms with Gasteiger partial charge in [0.05, 0.1) is 13.0 Å². The first kappa shape index (κ1) is 15.3. The quantitative estimate of drug-likeness (QED) is 0.768. The van der Waals surface area contributed by atoms with Crippen molar-refractivity contribution in [2.45, 2.75) is 31.0 Å². The molecule has 7 heteroatoms. The maximum absolute atomic E-state index is 11.4. The first-order chi connectivity index (χ1) is 9.56. The van der Waals surface area contributed by atoms with Gasteiger partial charge in [-0.1, -0.05) is 6.92 Å². The molecule has 20 heavy (non-hydrogen) atoms. The molecular weight excluding hydrogens is 298 g/mol. The monoisotopic (exact) mass is 315 g/mol. The molecule has 0 aromatic carbocycles. The number of fused-ring (bicyclic) bond motifs is 1. The van der Waals surface area contributed by atoms with Gasteiger partial charge in [-0.2, -0.15) is 4.98 Å². The van der Waals surface area contributed by atoms with Crippen LogP contribution >= 0.6 is 11.6 Å². The third-order valence-electron chi connectivity index (χ3n) is 3.30. The molecule has 2 unspecified atom stereocenters. The van der Waals surface area contributed by atoms with E-state index in [2.05, 4.69) is 9.97 Å². The Bertz CT molecular complexity index is 629. The molecule has 2 rings (SSSR count). The lowest BCUT2D eigenvalue weighted by Crippen LogP contribution is -2.14. The van der Waals surface area contributed by atoms with Crippen molar-refractivity contribution in [3.05, 3.63) is 18.0 Å². The van der Waals surface area contributed by atoms with Gasteiger partial charge in [-0.3, -0.25) is 4.21 Å². The van der Waals surface area contributed by atoms with Gasteiger partial charge in [0.2, 0.25) is 5.88 Å². The number of nitrogens with zero attached hydrogens (tertiary/aromatic N) is 3. The topological polar surface area (TPSA) is 57.0 Å².